The van der Waals surface area contributed by atoms with E-state index in [9.17, 15) is 14.0 Å². The summed E-state index contributed by atoms with van der Waals surface area (Å²) in [5.74, 6) is 0. The number of aromatic amines is 1. The van der Waals surface area contributed by atoms with Crippen LogP contribution in [0.25, 0.3) is 0 Å². The maximum absolute atomic E-state index is 13.3. The van der Waals surface area contributed by atoms with Crippen molar-refractivity contribution < 1.29 is 14.2 Å². The fourth-order valence-electron chi connectivity index (χ4n) is 1.70. The number of H-pyrrole nitrogens is 1. The number of hydrogen-bond acceptors (Lipinski definition) is 4. The number of nitrogens with zero attached hydrogens (tertiary/aromatic N) is 1. The second kappa shape index (κ2) is 4.59. The van der Waals surface area contributed by atoms with Crippen molar-refractivity contribution in [1.82, 2.24) is 9.55 Å². The lowest BCUT2D eigenvalue weighted by atomic mass is 10.2. The van der Waals surface area contributed by atoms with Crippen LogP contribution in [0.4, 0.5) is 4.39 Å². The maximum atomic E-state index is 13.3. The summed E-state index contributed by atoms with van der Waals surface area (Å²) in [6.07, 6.45) is -2.17. The van der Waals surface area contributed by atoms with E-state index in [0.717, 1.165) is 10.8 Å². The highest BCUT2D eigenvalue weighted by atomic mass is 35.5. The number of nitrogens with one attached hydrogen (secondary N) is 1. The van der Waals surface area contributed by atoms with Gasteiger partial charge in [-0.05, 0) is 0 Å². The van der Waals surface area contributed by atoms with Crippen LogP contribution in [0.15, 0.2) is 15.8 Å². The number of aromatic nitrogens is 2. The van der Waals surface area contributed by atoms with Gasteiger partial charge >= 0.3 is 5.69 Å². The van der Waals surface area contributed by atoms with Crippen molar-refractivity contribution >= 4 is 11.6 Å². The van der Waals surface area contributed by atoms with Crippen molar-refractivity contribution in [3.63, 3.8) is 0 Å². The van der Waals surface area contributed by atoms with Crippen molar-refractivity contribution in [3.05, 3.63) is 32.1 Å². The summed E-state index contributed by atoms with van der Waals surface area (Å²) >= 11 is 5.57. The lowest BCUT2D eigenvalue weighted by molar-refractivity contribution is -0.0356. The monoisotopic (exact) mass is 263 g/mol. The zero-order valence-electron chi connectivity index (χ0n) is 8.60. The Hall–Kier alpha value is -1.18. The van der Waals surface area contributed by atoms with Crippen LogP contribution >= 0.6 is 11.6 Å². The van der Waals surface area contributed by atoms with E-state index in [0.29, 0.717) is 0 Å². The van der Waals surface area contributed by atoms with Crippen molar-refractivity contribution in [2.45, 2.75) is 24.9 Å². The van der Waals surface area contributed by atoms with Gasteiger partial charge < -0.3 is 9.84 Å². The van der Waals surface area contributed by atoms with E-state index >= 15 is 0 Å². The van der Waals surface area contributed by atoms with Crippen LogP contribution in [0.1, 0.15) is 12.6 Å². The topological polar surface area (TPSA) is 84.3 Å². The van der Waals surface area contributed by atoms with E-state index in [4.69, 9.17) is 21.4 Å². The maximum Gasteiger partial charge on any atom is 0.330 e. The Morgan fingerprint density at radius 1 is 1.65 bits per heavy atom. The van der Waals surface area contributed by atoms with Gasteiger partial charge in [0.1, 0.15) is 23.5 Å². The van der Waals surface area contributed by atoms with Gasteiger partial charge in [0, 0.05) is 12.6 Å². The number of aliphatic hydroxyl groups is 1. The van der Waals surface area contributed by atoms with Crippen molar-refractivity contribution in [2.24, 2.45) is 0 Å². The lowest BCUT2D eigenvalue weighted by Crippen LogP contribution is -2.32. The highest BCUT2D eigenvalue weighted by molar-refractivity contribution is 6.30. The molecule has 0 aromatic carbocycles. The van der Waals surface area contributed by atoms with Crippen LogP contribution in [0, 0.1) is 0 Å². The number of ether oxygens (including phenoxy) is 1. The Labute approximate surface area is 99.6 Å². The quantitative estimate of drug-likeness (QED) is 0.774. The van der Waals surface area contributed by atoms with E-state index in [1.807, 2.05) is 4.98 Å². The number of aliphatic hydroxyl groups excluding tert-OH is 1. The summed E-state index contributed by atoms with van der Waals surface area (Å²) < 4.78 is 19.5. The molecular weight excluding hydrogens is 254 g/mol. The van der Waals surface area contributed by atoms with Gasteiger partial charge in [-0.15, -0.1) is 0 Å². The molecule has 0 spiro atoms. The van der Waals surface area contributed by atoms with Gasteiger partial charge in [0.2, 0.25) is 0 Å². The SMILES string of the molecule is O=c1[nH]c(=O)n([C@H]2C[C@H]([18F])[C@@H](CO)O2)cc1Cl. The highest BCUT2D eigenvalue weighted by Gasteiger charge is 2.36. The second-order valence-corrected chi connectivity index (χ2v) is 4.11. The van der Waals surface area contributed by atoms with Gasteiger partial charge in [0.25, 0.3) is 5.56 Å². The lowest BCUT2D eigenvalue weighted by Gasteiger charge is -2.14. The predicted molar refractivity (Wildman–Crippen MR) is 56.8 cm³/mol. The molecule has 1 aliphatic heterocycles. The first-order chi connectivity index (χ1) is 8.02. The molecule has 3 atom stereocenters. The van der Waals surface area contributed by atoms with Gasteiger partial charge in [-0.3, -0.25) is 14.3 Å². The zero-order chi connectivity index (χ0) is 12.6. The molecule has 2 heterocycles. The minimum atomic E-state index is -1.36. The third-order valence-corrected chi connectivity index (χ3v) is 2.85. The largest absolute Gasteiger partial charge is 0.394 e. The van der Waals surface area contributed by atoms with Crippen LogP contribution in [0.2, 0.25) is 5.02 Å². The van der Waals surface area contributed by atoms with Crippen LogP contribution < -0.4 is 11.2 Å². The molecule has 17 heavy (non-hydrogen) atoms. The average Bonchev–Trinajstić information content (AvgIpc) is 2.65. The smallest absolute Gasteiger partial charge is 0.330 e. The Balaban J connectivity index is 2.34. The Morgan fingerprint density at radius 3 is 2.94 bits per heavy atom. The molecule has 6 nitrogen and oxygen atoms in total. The number of hydrogen-bond donors (Lipinski definition) is 2. The molecule has 0 bridgehead atoms. The standard InChI is InChI=1S/C9H10ClFN2O4/c10-4-2-13(9(16)12-8(4)15)7-1-5(11)6(3-14)17-7/h2,5-7,14H,1,3H2,(H,12,15,16)/t5-,6+,7+/m0/s1/i11-1. The van der Waals surface area contributed by atoms with Crippen molar-refractivity contribution in [3.8, 4) is 0 Å². The van der Waals surface area contributed by atoms with E-state index in [-0.39, 0.29) is 11.4 Å². The van der Waals surface area contributed by atoms with Crippen molar-refractivity contribution in [1.29, 1.82) is 0 Å². The normalized spacial score (nSPS) is 28.5. The van der Waals surface area contributed by atoms with Crippen LogP contribution in [-0.2, 0) is 4.74 Å². The first-order valence-electron chi connectivity index (χ1n) is 4.94. The van der Waals surface area contributed by atoms with Crippen LogP contribution in [-0.4, -0.2) is 33.5 Å². The molecule has 0 saturated carbocycles. The van der Waals surface area contributed by atoms with Gasteiger partial charge in [-0.25, -0.2) is 9.18 Å². The average molecular weight is 264 g/mol. The molecule has 0 radical (unpaired) electrons. The molecule has 1 saturated heterocycles. The van der Waals surface area contributed by atoms with E-state index in [1.54, 1.807) is 0 Å². The molecule has 1 aliphatic rings. The zero-order valence-corrected chi connectivity index (χ0v) is 9.35. The molecule has 0 amide bonds. The second-order valence-electron chi connectivity index (χ2n) is 3.71. The van der Waals surface area contributed by atoms with E-state index < -0.39 is 36.4 Å². The fraction of sp³-hybridized carbons (Fsp3) is 0.556. The summed E-state index contributed by atoms with van der Waals surface area (Å²) in [6.45, 7) is -0.469. The van der Waals surface area contributed by atoms with Gasteiger partial charge in [-0.2, -0.15) is 0 Å². The molecular formula is C9H10ClFN2O4. The van der Waals surface area contributed by atoms with Crippen molar-refractivity contribution in [2.75, 3.05) is 6.61 Å². The van der Waals surface area contributed by atoms with E-state index in [2.05, 4.69) is 0 Å². The molecule has 1 fully saturated rings. The number of alkyl halides is 1. The third-order valence-electron chi connectivity index (χ3n) is 2.58. The first kappa shape index (κ1) is 12.3. The molecule has 94 valence electrons. The number of halogens is 2. The number of rotatable bonds is 2. The molecule has 2 rings (SSSR count). The minimum Gasteiger partial charge on any atom is -0.394 e. The summed E-state index contributed by atoms with van der Waals surface area (Å²) in [7, 11) is 0. The molecule has 1 aromatic rings. The Kier molecular flexibility index (Phi) is 3.32. The van der Waals surface area contributed by atoms with E-state index in [1.165, 1.54) is 0 Å². The Bertz CT molecular complexity index is 528. The van der Waals surface area contributed by atoms with Crippen LogP contribution in [0.3, 0.4) is 0 Å². The summed E-state index contributed by atoms with van der Waals surface area (Å²) in [6, 6.07) is 0. The fourth-order valence-corrected chi connectivity index (χ4v) is 1.85. The third kappa shape index (κ3) is 2.26. The summed E-state index contributed by atoms with van der Waals surface area (Å²) in [5, 5.41) is 8.65. The Morgan fingerprint density at radius 2 is 2.35 bits per heavy atom. The highest BCUT2D eigenvalue weighted by Crippen LogP contribution is 2.29. The van der Waals surface area contributed by atoms with Crippen LogP contribution in [0.5, 0.6) is 0 Å². The predicted octanol–water partition coefficient (Wildman–Crippen LogP) is -0.192. The molecule has 2 N–H and O–H groups in total. The summed E-state index contributed by atoms with van der Waals surface area (Å²) in [5.41, 5.74) is -1.43. The van der Waals surface area contributed by atoms with Gasteiger partial charge in [0.05, 0.1) is 6.61 Å². The summed E-state index contributed by atoms with van der Waals surface area (Å²) in [4.78, 5) is 24.5. The molecule has 0 aliphatic carbocycles. The molecule has 0 unspecified atom stereocenters. The first-order valence-corrected chi connectivity index (χ1v) is 5.32. The van der Waals surface area contributed by atoms with Gasteiger partial charge in [0.15, 0.2) is 0 Å². The minimum absolute atomic E-state index is 0.0759. The molecule has 1 aromatic heterocycles. The van der Waals surface area contributed by atoms with Gasteiger partial charge in [-0.1, -0.05) is 11.6 Å². The molecule has 8 heteroatoms.